The molecule has 0 N–H and O–H groups in total. The van der Waals surface area contributed by atoms with Gasteiger partial charge < -0.3 is 0 Å². The summed E-state index contributed by atoms with van der Waals surface area (Å²) in [4.78, 5) is 8.96. The third-order valence-electron chi connectivity index (χ3n) is 1.95. The molecule has 0 amide bonds. The molecule has 0 atom stereocenters. The van der Waals surface area contributed by atoms with Gasteiger partial charge in [0.05, 0.1) is 5.56 Å². The Morgan fingerprint density at radius 2 is 1.75 bits per heavy atom. The third-order valence-corrected chi connectivity index (χ3v) is 4.47. The minimum absolute atomic E-state index is 0.835. The summed E-state index contributed by atoms with van der Waals surface area (Å²) in [6.07, 6.45) is 4.04. The lowest BCUT2D eigenvalue weighted by atomic mass is 10.2. The molecule has 2 nitrogen and oxygen atoms in total. The van der Waals surface area contributed by atoms with Crippen LogP contribution >= 0.6 is 34.9 Å². The SMILES string of the molecule is CSc1nc(SC)[s+]c(-c2ccccc2)n1. The highest BCUT2D eigenvalue weighted by molar-refractivity contribution is 8.00. The number of rotatable bonds is 3. The first-order valence-electron chi connectivity index (χ1n) is 4.69. The molecular formula is C11H11N2S3+. The Morgan fingerprint density at radius 1 is 1.00 bits per heavy atom. The van der Waals surface area contributed by atoms with Crippen LogP contribution < -0.4 is 0 Å². The van der Waals surface area contributed by atoms with Crippen molar-refractivity contribution in [2.24, 2.45) is 0 Å². The fraction of sp³-hybridized carbons (Fsp3) is 0.182. The zero-order chi connectivity index (χ0) is 11.4. The van der Waals surface area contributed by atoms with Gasteiger partial charge in [-0.3, -0.25) is 0 Å². The third kappa shape index (κ3) is 2.72. The Kier molecular flexibility index (Phi) is 4.15. The Labute approximate surface area is 108 Å². The van der Waals surface area contributed by atoms with Gasteiger partial charge in [-0.2, -0.15) is 9.97 Å². The van der Waals surface area contributed by atoms with Crippen molar-refractivity contribution in [3.8, 4) is 10.6 Å². The molecule has 0 aliphatic heterocycles. The first-order valence-corrected chi connectivity index (χ1v) is 7.95. The van der Waals surface area contributed by atoms with Crippen molar-refractivity contribution in [3.63, 3.8) is 0 Å². The Morgan fingerprint density at radius 3 is 2.38 bits per heavy atom. The normalized spacial score (nSPS) is 10.4. The molecular weight excluding hydrogens is 256 g/mol. The molecule has 0 fully saturated rings. The smallest absolute Gasteiger partial charge is 0.166 e. The van der Waals surface area contributed by atoms with E-state index in [4.69, 9.17) is 0 Å². The number of nitrogens with zero attached hydrogens (tertiary/aromatic N) is 2. The minimum atomic E-state index is 0.835. The van der Waals surface area contributed by atoms with Crippen LogP contribution in [0.5, 0.6) is 0 Å². The maximum atomic E-state index is 4.53. The van der Waals surface area contributed by atoms with E-state index in [0.29, 0.717) is 0 Å². The summed E-state index contributed by atoms with van der Waals surface area (Å²) in [5.74, 6) is 0. The van der Waals surface area contributed by atoms with Gasteiger partial charge in [0.15, 0.2) is 5.16 Å². The molecule has 16 heavy (non-hydrogen) atoms. The van der Waals surface area contributed by atoms with Gasteiger partial charge in [0.2, 0.25) is 0 Å². The van der Waals surface area contributed by atoms with Gasteiger partial charge in [-0.05, 0) is 36.4 Å². The second-order valence-corrected chi connectivity index (χ2v) is 5.76. The van der Waals surface area contributed by atoms with Crippen LogP contribution in [-0.4, -0.2) is 22.5 Å². The zero-order valence-electron chi connectivity index (χ0n) is 9.01. The number of hydrogen-bond donors (Lipinski definition) is 0. The van der Waals surface area contributed by atoms with E-state index in [2.05, 4.69) is 22.1 Å². The summed E-state index contributed by atoms with van der Waals surface area (Å²) in [7, 11) is 0. The van der Waals surface area contributed by atoms with Crippen molar-refractivity contribution in [1.82, 2.24) is 9.97 Å². The highest BCUT2D eigenvalue weighted by Gasteiger charge is 2.19. The maximum Gasteiger partial charge on any atom is 0.363 e. The van der Waals surface area contributed by atoms with E-state index >= 15 is 0 Å². The van der Waals surface area contributed by atoms with E-state index in [1.807, 2.05) is 30.7 Å². The molecule has 0 unspecified atom stereocenters. The van der Waals surface area contributed by atoms with Crippen molar-refractivity contribution in [1.29, 1.82) is 0 Å². The molecule has 0 aliphatic rings. The molecule has 0 radical (unpaired) electrons. The molecule has 0 aliphatic carbocycles. The van der Waals surface area contributed by atoms with Crippen LogP contribution in [0.3, 0.4) is 0 Å². The molecule has 82 valence electrons. The summed E-state index contributed by atoms with van der Waals surface area (Å²) in [5, 5.41) is 1.87. The highest BCUT2D eigenvalue weighted by Crippen LogP contribution is 2.29. The summed E-state index contributed by atoms with van der Waals surface area (Å²) in [6, 6.07) is 10.2. The average molecular weight is 267 g/mol. The molecule has 2 aromatic rings. The van der Waals surface area contributed by atoms with Crippen molar-refractivity contribution in [2.75, 3.05) is 12.5 Å². The largest absolute Gasteiger partial charge is 0.363 e. The van der Waals surface area contributed by atoms with E-state index in [1.54, 1.807) is 34.9 Å². The van der Waals surface area contributed by atoms with E-state index < -0.39 is 0 Å². The zero-order valence-corrected chi connectivity index (χ0v) is 11.5. The molecule has 1 heterocycles. The molecule has 1 aromatic carbocycles. The van der Waals surface area contributed by atoms with Gasteiger partial charge in [0.25, 0.3) is 11.3 Å². The van der Waals surface area contributed by atoms with Crippen LogP contribution in [-0.2, 0) is 0 Å². The van der Waals surface area contributed by atoms with Gasteiger partial charge in [-0.25, -0.2) is 0 Å². The van der Waals surface area contributed by atoms with Gasteiger partial charge >= 0.3 is 9.35 Å². The van der Waals surface area contributed by atoms with E-state index in [1.165, 1.54) is 0 Å². The lowest BCUT2D eigenvalue weighted by Crippen LogP contribution is -1.89. The molecule has 0 saturated heterocycles. The standard InChI is InChI=1S/C11H11N2S3/c1-14-10-12-9(16-11(13-10)15-2)8-6-4-3-5-7-8/h3-7H,1-2H3/q+1. The number of benzene rings is 1. The minimum Gasteiger partial charge on any atom is -0.166 e. The highest BCUT2D eigenvalue weighted by atomic mass is 32.2. The van der Waals surface area contributed by atoms with E-state index in [9.17, 15) is 0 Å². The van der Waals surface area contributed by atoms with E-state index in [-0.39, 0.29) is 0 Å². The maximum absolute atomic E-state index is 4.53. The molecule has 0 bridgehead atoms. The van der Waals surface area contributed by atoms with Crippen LogP contribution in [0.1, 0.15) is 0 Å². The first-order chi connectivity index (χ1) is 7.83. The number of thioether (sulfide) groups is 2. The van der Waals surface area contributed by atoms with E-state index in [0.717, 1.165) is 20.1 Å². The summed E-state index contributed by atoms with van der Waals surface area (Å²) < 4.78 is 1.05. The van der Waals surface area contributed by atoms with Gasteiger partial charge in [0.1, 0.15) is 0 Å². The van der Waals surface area contributed by atoms with Crippen molar-refractivity contribution in [2.45, 2.75) is 9.50 Å². The summed E-state index contributed by atoms with van der Waals surface area (Å²) >= 11 is 4.87. The molecule has 0 spiro atoms. The lowest BCUT2D eigenvalue weighted by molar-refractivity contribution is 0.947. The van der Waals surface area contributed by atoms with Crippen LogP contribution in [0.25, 0.3) is 10.6 Å². The van der Waals surface area contributed by atoms with Gasteiger partial charge in [-0.1, -0.05) is 30.0 Å². The van der Waals surface area contributed by atoms with Crippen LogP contribution in [0, 0.1) is 0 Å². The Balaban J connectivity index is 2.48. The van der Waals surface area contributed by atoms with Gasteiger partial charge in [-0.15, -0.1) is 0 Å². The monoisotopic (exact) mass is 267 g/mol. The molecule has 1 aromatic heterocycles. The second-order valence-electron chi connectivity index (χ2n) is 2.95. The molecule has 0 saturated carbocycles. The van der Waals surface area contributed by atoms with Crippen molar-refractivity contribution < 1.29 is 0 Å². The average Bonchev–Trinajstić information content (AvgIpc) is 2.39. The first kappa shape index (κ1) is 11.8. The fourth-order valence-electron chi connectivity index (χ4n) is 1.20. The quantitative estimate of drug-likeness (QED) is 0.621. The predicted molar refractivity (Wildman–Crippen MR) is 73.3 cm³/mol. The van der Waals surface area contributed by atoms with Crippen molar-refractivity contribution >= 4 is 34.9 Å². The number of aromatic nitrogens is 2. The lowest BCUT2D eigenvalue weighted by Gasteiger charge is -1.94. The summed E-state index contributed by atoms with van der Waals surface area (Å²) in [6.45, 7) is 0. The topological polar surface area (TPSA) is 25.8 Å². The van der Waals surface area contributed by atoms with Crippen LogP contribution in [0.2, 0.25) is 0 Å². The van der Waals surface area contributed by atoms with Gasteiger partial charge in [0, 0.05) is 0 Å². The fourth-order valence-corrected chi connectivity index (χ4v) is 3.17. The van der Waals surface area contributed by atoms with Crippen LogP contribution in [0.15, 0.2) is 39.8 Å². The molecule has 2 rings (SSSR count). The molecule has 5 heteroatoms. The summed E-state index contributed by atoms with van der Waals surface area (Å²) in [5.41, 5.74) is 1.15. The van der Waals surface area contributed by atoms with Crippen molar-refractivity contribution in [3.05, 3.63) is 30.3 Å². The Hall–Kier alpha value is -0.650. The Bertz CT molecular complexity index is 452. The predicted octanol–water partition coefficient (Wildman–Crippen LogP) is 3.93. The van der Waals surface area contributed by atoms with Crippen LogP contribution in [0.4, 0.5) is 0 Å². The second kappa shape index (κ2) is 5.61. The number of hydrogen-bond acceptors (Lipinski definition) is 4.